The van der Waals surface area contributed by atoms with Gasteiger partial charge in [-0.1, -0.05) is 30.0 Å². The zero-order chi connectivity index (χ0) is 10.7. The fourth-order valence-corrected chi connectivity index (χ4v) is 2.17. The van der Waals surface area contributed by atoms with E-state index in [0.29, 0.717) is 5.75 Å². The van der Waals surface area contributed by atoms with E-state index in [9.17, 15) is 4.79 Å². The number of benzene rings is 1. The number of pyridine rings is 1. The minimum atomic E-state index is 0.463. The number of nitrogens with zero attached hydrogens (tertiary/aromatic N) is 1. The third-order valence-corrected chi connectivity index (χ3v) is 3.01. The van der Waals surface area contributed by atoms with Gasteiger partial charge in [-0.25, -0.2) is 4.98 Å². The van der Waals surface area contributed by atoms with Crippen LogP contribution in [0.2, 0.25) is 0 Å². The second-order valence-corrected chi connectivity index (χ2v) is 4.31. The lowest BCUT2D eigenvalue weighted by atomic mass is 10.1. The molecule has 1 aromatic heterocycles. The molecule has 0 bridgehead atoms. The van der Waals surface area contributed by atoms with Crippen molar-refractivity contribution in [2.24, 2.45) is 0 Å². The van der Waals surface area contributed by atoms with Gasteiger partial charge in [0.05, 0.1) is 16.3 Å². The second-order valence-electron chi connectivity index (χ2n) is 3.27. The van der Waals surface area contributed by atoms with Gasteiger partial charge >= 0.3 is 0 Å². The van der Waals surface area contributed by atoms with Crippen LogP contribution in [-0.2, 0) is 4.79 Å². The Hall–Kier alpha value is -1.35. The number of hydrogen-bond acceptors (Lipinski definition) is 3. The number of fused-ring (bicyclic) bond motifs is 1. The van der Waals surface area contributed by atoms with Gasteiger partial charge in [-0.05, 0) is 24.6 Å². The normalized spacial score (nSPS) is 10.5. The molecule has 1 heterocycles. The van der Waals surface area contributed by atoms with Crippen molar-refractivity contribution >= 4 is 29.0 Å². The van der Waals surface area contributed by atoms with E-state index >= 15 is 0 Å². The van der Waals surface area contributed by atoms with Gasteiger partial charge < -0.3 is 4.79 Å². The molecule has 0 unspecified atom stereocenters. The number of thioether (sulfide) groups is 1. The zero-order valence-electron chi connectivity index (χ0n) is 8.43. The summed E-state index contributed by atoms with van der Waals surface area (Å²) in [6.07, 6.45) is 0.900. The molecule has 76 valence electrons. The first-order valence-corrected chi connectivity index (χ1v) is 5.72. The number of carbonyl (C=O) groups is 1. The molecule has 0 saturated heterocycles. The summed E-state index contributed by atoms with van der Waals surface area (Å²) in [7, 11) is 0. The Labute approximate surface area is 92.7 Å². The average molecular weight is 217 g/mol. The molecule has 0 N–H and O–H groups in total. The molecular weight excluding hydrogens is 206 g/mol. The molecule has 0 amide bonds. The van der Waals surface area contributed by atoms with Crippen molar-refractivity contribution in [3.8, 4) is 0 Å². The molecule has 0 atom stereocenters. The molecule has 15 heavy (non-hydrogen) atoms. The van der Waals surface area contributed by atoms with Crippen LogP contribution in [0.25, 0.3) is 10.9 Å². The monoisotopic (exact) mass is 217 g/mol. The quantitative estimate of drug-likeness (QED) is 0.585. The highest BCUT2D eigenvalue weighted by atomic mass is 32.2. The Morgan fingerprint density at radius 3 is 3.00 bits per heavy atom. The summed E-state index contributed by atoms with van der Waals surface area (Å²) < 4.78 is 0. The summed E-state index contributed by atoms with van der Waals surface area (Å²) in [4.78, 5) is 14.8. The van der Waals surface area contributed by atoms with E-state index in [1.165, 1.54) is 22.7 Å². The van der Waals surface area contributed by atoms with E-state index < -0.39 is 0 Å². The fourth-order valence-electron chi connectivity index (χ4n) is 1.51. The van der Waals surface area contributed by atoms with Crippen molar-refractivity contribution < 1.29 is 4.79 Å². The van der Waals surface area contributed by atoms with Crippen LogP contribution in [-0.4, -0.2) is 17.0 Å². The molecule has 0 aliphatic carbocycles. The standard InChI is InChI=1S/C12H11NOS/c1-9-8-12(15-7-6-14)13-11-5-3-2-4-10(9)11/h2-6,8H,7H2,1H3. The van der Waals surface area contributed by atoms with Gasteiger partial charge in [-0.15, -0.1) is 0 Å². The number of hydrogen-bond donors (Lipinski definition) is 0. The van der Waals surface area contributed by atoms with Crippen molar-refractivity contribution in [1.29, 1.82) is 0 Å². The van der Waals surface area contributed by atoms with Crippen LogP contribution in [0.3, 0.4) is 0 Å². The van der Waals surface area contributed by atoms with Crippen molar-refractivity contribution in [3.63, 3.8) is 0 Å². The molecule has 2 rings (SSSR count). The summed E-state index contributed by atoms with van der Waals surface area (Å²) in [6.45, 7) is 2.06. The first-order chi connectivity index (χ1) is 7.31. The summed E-state index contributed by atoms with van der Waals surface area (Å²) >= 11 is 1.47. The predicted octanol–water partition coefficient (Wildman–Crippen LogP) is 2.83. The van der Waals surface area contributed by atoms with Crippen LogP contribution in [0.1, 0.15) is 5.56 Å². The highest BCUT2D eigenvalue weighted by molar-refractivity contribution is 7.99. The van der Waals surface area contributed by atoms with E-state index in [0.717, 1.165) is 16.8 Å². The van der Waals surface area contributed by atoms with Crippen molar-refractivity contribution in [2.75, 3.05) is 5.75 Å². The largest absolute Gasteiger partial charge is 0.302 e. The predicted molar refractivity (Wildman–Crippen MR) is 63.3 cm³/mol. The smallest absolute Gasteiger partial charge is 0.130 e. The van der Waals surface area contributed by atoms with Crippen LogP contribution in [0.4, 0.5) is 0 Å². The van der Waals surface area contributed by atoms with Crippen molar-refractivity contribution in [1.82, 2.24) is 4.98 Å². The molecule has 1 aromatic carbocycles. The number of aromatic nitrogens is 1. The van der Waals surface area contributed by atoms with E-state index in [1.54, 1.807) is 0 Å². The molecule has 0 aliphatic rings. The second kappa shape index (κ2) is 4.45. The van der Waals surface area contributed by atoms with Crippen LogP contribution in [0.5, 0.6) is 0 Å². The highest BCUT2D eigenvalue weighted by Crippen LogP contribution is 2.22. The first kappa shape index (κ1) is 10.2. The minimum absolute atomic E-state index is 0.463. The van der Waals surface area contributed by atoms with Gasteiger partial charge in [0.2, 0.25) is 0 Å². The number of rotatable bonds is 3. The molecule has 2 nitrogen and oxygen atoms in total. The molecule has 0 radical (unpaired) electrons. The van der Waals surface area contributed by atoms with E-state index in [4.69, 9.17) is 0 Å². The van der Waals surface area contributed by atoms with Gasteiger partial charge in [0, 0.05) is 5.39 Å². The topological polar surface area (TPSA) is 30.0 Å². The minimum Gasteiger partial charge on any atom is -0.302 e. The average Bonchev–Trinajstić information content (AvgIpc) is 2.26. The molecule has 0 saturated carbocycles. The number of carbonyl (C=O) groups excluding carboxylic acids is 1. The fraction of sp³-hybridized carbons (Fsp3) is 0.167. The summed E-state index contributed by atoms with van der Waals surface area (Å²) in [6, 6.07) is 10.1. The lowest BCUT2D eigenvalue weighted by Gasteiger charge is -2.04. The molecule has 3 heteroatoms. The molecule has 2 aromatic rings. The summed E-state index contributed by atoms with van der Waals surface area (Å²) in [5, 5.41) is 2.09. The first-order valence-electron chi connectivity index (χ1n) is 4.74. The number of aldehydes is 1. The van der Waals surface area contributed by atoms with Crippen LogP contribution in [0, 0.1) is 6.92 Å². The summed E-state index contributed by atoms with van der Waals surface area (Å²) in [5.74, 6) is 0.463. The molecular formula is C12H11NOS. The SMILES string of the molecule is Cc1cc(SCC=O)nc2ccccc12. The highest BCUT2D eigenvalue weighted by Gasteiger charge is 2.01. The number of para-hydroxylation sites is 1. The lowest BCUT2D eigenvalue weighted by Crippen LogP contribution is -1.88. The van der Waals surface area contributed by atoms with E-state index in [-0.39, 0.29) is 0 Å². The third kappa shape index (κ3) is 2.18. The van der Waals surface area contributed by atoms with Crippen LogP contribution < -0.4 is 0 Å². The van der Waals surface area contributed by atoms with E-state index in [2.05, 4.69) is 18.0 Å². The maximum absolute atomic E-state index is 10.3. The maximum atomic E-state index is 10.3. The lowest BCUT2D eigenvalue weighted by molar-refractivity contribution is -0.105. The van der Waals surface area contributed by atoms with Gasteiger partial charge in [-0.3, -0.25) is 0 Å². The summed E-state index contributed by atoms with van der Waals surface area (Å²) in [5.41, 5.74) is 2.19. The van der Waals surface area contributed by atoms with Gasteiger partial charge in [0.25, 0.3) is 0 Å². The Morgan fingerprint density at radius 1 is 1.40 bits per heavy atom. The van der Waals surface area contributed by atoms with Crippen LogP contribution in [0.15, 0.2) is 35.4 Å². The number of aryl methyl sites for hydroxylation is 1. The molecule has 0 aliphatic heterocycles. The third-order valence-electron chi connectivity index (χ3n) is 2.20. The van der Waals surface area contributed by atoms with Crippen molar-refractivity contribution in [2.45, 2.75) is 11.9 Å². The molecule has 0 fully saturated rings. The van der Waals surface area contributed by atoms with Crippen molar-refractivity contribution in [3.05, 3.63) is 35.9 Å². The zero-order valence-corrected chi connectivity index (χ0v) is 9.25. The van der Waals surface area contributed by atoms with Gasteiger partial charge in [0.15, 0.2) is 0 Å². The van der Waals surface area contributed by atoms with E-state index in [1.807, 2.05) is 24.3 Å². The van der Waals surface area contributed by atoms with Gasteiger partial charge in [0.1, 0.15) is 6.29 Å². The van der Waals surface area contributed by atoms with Crippen LogP contribution >= 0.6 is 11.8 Å². The Morgan fingerprint density at radius 2 is 2.20 bits per heavy atom. The Kier molecular flexibility index (Phi) is 3.02. The Balaban J connectivity index is 2.47. The maximum Gasteiger partial charge on any atom is 0.130 e. The Bertz CT molecular complexity index is 496. The molecule has 0 spiro atoms. The van der Waals surface area contributed by atoms with Gasteiger partial charge in [-0.2, -0.15) is 0 Å².